The summed E-state index contributed by atoms with van der Waals surface area (Å²) in [5.74, 6) is 1.10. The van der Waals surface area contributed by atoms with Crippen molar-refractivity contribution in [3.63, 3.8) is 0 Å². The molecular weight excluding hydrogens is 269 g/mol. The number of hydrogen-bond donors (Lipinski definition) is 1. The van der Waals surface area contributed by atoms with Crippen LogP contribution in [0, 0.1) is 5.92 Å². The van der Waals surface area contributed by atoms with Gasteiger partial charge in [0, 0.05) is 23.0 Å². The van der Waals surface area contributed by atoms with Gasteiger partial charge in [-0.1, -0.05) is 30.1 Å². The third-order valence-electron chi connectivity index (χ3n) is 2.40. The molecule has 0 spiro atoms. The normalized spacial score (nSPS) is 13.4. The van der Waals surface area contributed by atoms with Crippen molar-refractivity contribution in [3.8, 4) is 5.75 Å². The second-order valence-corrected chi connectivity index (χ2v) is 6.47. The first-order chi connectivity index (χ1) is 8.28. The van der Waals surface area contributed by atoms with E-state index in [1.807, 2.05) is 0 Å². The first-order valence-electron chi connectivity index (χ1n) is 6.11. The van der Waals surface area contributed by atoms with E-state index in [0.29, 0.717) is 28.3 Å². The zero-order valence-electron chi connectivity index (χ0n) is 11.4. The van der Waals surface area contributed by atoms with E-state index in [1.54, 1.807) is 18.2 Å². The zero-order valence-corrected chi connectivity index (χ0v) is 12.9. The van der Waals surface area contributed by atoms with Gasteiger partial charge in [0.1, 0.15) is 5.75 Å². The number of benzene rings is 1. The van der Waals surface area contributed by atoms with Gasteiger partial charge in [0.2, 0.25) is 0 Å². The van der Waals surface area contributed by atoms with Crippen molar-refractivity contribution in [2.75, 3.05) is 13.2 Å². The van der Waals surface area contributed by atoms with Gasteiger partial charge in [0.15, 0.2) is 0 Å². The van der Waals surface area contributed by atoms with Crippen molar-refractivity contribution in [2.24, 2.45) is 5.92 Å². The average Bonchev–Trinajstić information content (AvgIpc) is 2.24. The number of rotatable bonds is 5. The lowest BCUT2D eigenvalue weighted by Gasteiger charge is -2.23. The van der Waals surface area contributed by atoms with Crippen LogP contribution >= 0.6 is 23.2 Å². The molecule has 1 atom stereocenters. The Hall–Kier alpha value is -0.440. The lowest BCUT2D eigenvalue weighted by Crippen LogP contribution is -2.39. The lowest BCUT2D eigenvalue weighted by atomic mass is 10.1. The lowest BCUT2D eigenvalue weighted by molar-refractivity contribution is 0.244. The molecule has 1 unspecified atom stereocenters. The molecule has 0 fully saturated rings. The molecule has 0 aromatic heterocycles. The maximum Gasteiger partial charge on any atom is 0.137 e. The summed E-state index contributed by atoms with van der Waals surface area (Å²) in [6.07, 6.45) is 0. The Morgan fingerprint density at radius 2 is 1.94 bits per heavy atom. The highest BCUT2D eigenvalue weighted by atomic mass is 35.5. The summed E-state index contributed by atoms with van der Waals surface area (Å²) in [7, 11) is 0. The Morgan fingerprint density at radius 1 is 1.28 bits per heavy atom. The van der Waals surface area contributed by atoms with Crippen LogP contribution in [-0.4, -0.2) is 18.7 Å². The molecule has 0 aliphatic rings. The van der Waals surface area contributed by atoms with Gasteiger partial charge >= 0.3 is 0 Å². The summed E-state index contributed by atoms with van der Waals surface area (Å²) in [4.78, 5) is 0. The van der Waals surface area contributed by atoms with E-state index in [9.17, 15) is 0 Å². The van der Waals surface area contributed by atoms with E-state index < -0.39 is 0 Å². The van der Waals surface area contributed by atoms with Crippen LogP contribution in [0.1, 0.15) is 27.7 Å². The highest BCUT2D eigenvalue weighted by Crippen LogP contribution is 2.27. The molecular formula is C14H21Cl2NO. The quantitative estimate of drug-likeness (QED) is 0.868. The summed E-state index contributed by atoms with van der Waals surface area (Å²) in [6.45, 7) is 10.1. The fourth-order valence-electron chi connectivity index (χ4n) is 1.36. The molecule has 0 amide bonds. The number of ether oxygens (including phenoxy) is 1. The molecule has 0 bridgehead atoms. The molecule has 1 N–H and O–H groups in total. The standard InChI is InChI=1S/C14H21Cl2NO/c1-10(8-17-14(2,3)4)9-18-13-6-5-11(15)7-12(13)16/h5-7,10,17H,8-9H2,1-4H3. The maximum atomic E-state index is 6.04. The van der Waals surface area contributed by atoms with Gasteiger partial charge in [-0.05, 0) is 39.0 Å². The Morgan fingerprint density at radius 3 is 2.50 bits per heavy atom. The fourth-order valence-corrected chi connectivity index (χ4v) is 1.83. The summed E-state index contributed by atoms with van der Waals surface area (Å²) in [6, 6.07) is 5.27. The SMILES string of the molecule is CC(CNC(C)(C)C)COc1ccc(Cl)cc1Cl. The molecule has 2 nitrogen and oxygen atoms in total. The van der Waals surface area contributed by atoms with Gasteiger partial charge in [0.05, 0.1) is 11.6 Å². The van der Waals surface area contributed by atoms with E-state index in [2.05, 4.69) is 33.0 Å². The van der Waals surface area contributed by atoms with Gasteiger partial charge in [-0.15, -0.1) is 0 Å². The predicted molar refractivity (Wildman–Crippen MR) is 78.9 cm³/mol. The van der Waals surface area contributed by atoms with Crippen LogP contribution < -0.4 is 10.1 Å². The zero-order chi connectivity index (χ0) is 13.8. The van der Waals surface area contributed by atoms with Crippen LogP contribution in [0.2, 0.25) is 10.0 Å². The highest BCUT2D eigenvalue weighted by Gasteiger charge is 2.12. The molecule has 0 aliphatic carbocycles. The number of halogens is 2. The van der Waals surface area contributed by atoms with Crippen LogP contribution in [0.15, 0.2) is 18.2 Å². The van der Waals surface area contributed by atoms with Gasteiger partial charge < -0.3 is 10.1 Å². The van der Waals surface area contributed by atoms with Gasteiger partial charge in [-0.25, -0.2) is 0 Å². The first-order valence-corrected chi connectivity index (χ1v) is 6.86. The minimum Gasteiger partial charge on any atom is -0.492 e. The highest BCUT2D eigenvalue weighted by molar-refractivity contribution is 6.35. The molecule has 4 heteroatoms. The number of nitrogens with one attached hydrogen (secondary N) is 1. The third-order valence-corrected chi connectivity index (χ3v) is 2.93. The van der Waals surface area contributed by atoms with Crippen LogP contribution in [0.25, 0.3) is 0 Å². The van der Waals surface area contributed by atoms with Crippen molar-refractivity contribution in [1.29, 1.82) is 0 Å². The van der Waals surface area contributed by atoms with Crippen LogP contribution in [-0.2, 0) is 0 Å². The van der Waals surface area contributed by atoms with Gasteiger partial charge in [0.25, 0.3) is 0 Å². The predicted octanol–water partition coefficient (Wildman–Crippen LogP) is 4.40. The van der Waals surface area contributed by atoms with E-state index in [0.717, 1.165) is 6.54 Å². The minimum atomic E-state index is 0.131. The molecule has 0 saturated heterocycles. The van der Waals surface area contributed by atoms with Gasteiger partial charge in [-0.2, -0.15) is 0 Å². The van der Waals surface area contributed by atoms with E-state index in [4.69, 9.17) is 27.9 Å². The van der Waals surface area contributed by atoms with Crippen LogP contribution in [0.4, 0.5) is 0 Å². The summed E-state index contributed by atoms with van der Waals surface area (Å²) < 4.78 is 5.69. The summed E-state index contributed by atoms with van der Waals surface area (Å²) in [5.41, 5.74) is 0.131. The second-order valence-electron chi connectivity index (χ2n) is 5.62. The molecule has 1 aromatic carbocycles. The molecule has 1 rings (SSSR count). The maximum absolute atomic E-state index is 6.04. The molecule has 18 heavy (non-hydrogen) atoms. The summed E-state index contributed by atoms with van der Waals surface area (Å²) >= 11 is 11.9. The Kier molecular flexibility index (Phi) is 5.77. The van der Waals surface area contributed by atoms with Crippen molar-refractivity contribution < 1.29 is 4.74 Å². The molecule has 0 aliphatic heterocycles. The van der Waals surface area contributed by atoms with Crippen molar-refractivity contribution >= 4 is 23.2 Å². The van der Waals surface area contributed by atoms with Crippen molar-refractivity contribution in [1.82, 2.24) is 5.32 Å². The Labute approximate surface area is 120 Å². The fraction of sp³-hybridized carbons (Fsp3) is 0.571. The molecule has 0 saturated carbocycles. The number of hydrogen-bond acceptors (Lipinski definition) is 2. The van der Waals surface area contributed by atoms with Gasteiger partial charge in [-0.3, -0.25) is 0 Å². The van der Waals surface area contributed by atoms with Crippen molar-refractivity contribution in [3.05, 3.63) is 28.2 Å². The van der Waals surface area contributed by atoms with E-state index in [-0.39, 0.29) is 5.54 Å². The smallest absolute Gasteiger partial charge is 0.137 e. The van der Waals surface area contributed by atoms with Crippen LogP contribution in [0.3, 0.4) is 0 Å². The largest absolute Gasteiger partial charge is 0.492 e. The molecule has 0 heterocycles. The molecule has 0 radical (unpaired) electrons. The first kappa shape index (κ1) is 15.6. The van der Waals surface area contributed by atoms with E-state index in [1.165, 1.54) is 0 Å². The second kappa shape index (κ2) is 6.65. The molecule has 102 valence electrons. The third kappa shape index (κ3) is 5.94. The van der Waals surface area contributed by atoms with Crippen molar-refractivity contribution in [2.45, 2.75) is 33.2 Å². The monoisotopic (exact) mass is 289 g/mol. The van der Waals surface area contributed by atoms with E-state index >= 15 is 0 Å². The van der Waals surface area contributed by atoms with Crippen LogP contribution in [0.5, 0.6) is 5.75 Å². The summed E-state index contributed by atoms with van der Waals surface area (Å²) in [5, 5.41) is 4.62. The Bertz CT molecular complexity index is 388. The average molecular weight is 290 g/mol. The Balaban J connectivity index is 2.40. The molecule has 1 aromatic rings. The topological polar surface area (TPSA) is 21.3 Å². The minimum absolute atomic E-state index is 0.131.